The first-order valence-corrected chi connectivity index (χ1v) is 5.20. The molecule has 6 heteroatoms. The van der Waals surface area contributed by atoms with Crippen LogP contribution < -0.4 is 4.83 Å². The Kier molecular flexibility index (Phi) is 3.64. The van der Waals surface area contributed by atoms with Gasteiger partial charge in [0.2, 0.25) is 0 Å². The SMILES string of the molecule is O=S([O-])NN1CCSCC1. The van der Waals surface area contributed by atoms with Crippen LogP contribution in [0.2, 0.25) is 0 Å². The molecule has 0 aromatic rings. The lowest BCUT2D eigenvalue weighted by Gasteiger charge is -2.27. The number of hydrogen-bond donors (Lipinski definition) is 1. The van der Waals surface area contributed by atoms with E-state index in [-0.39, 0.29) is 0 Å². The Morgan fingerprint density at radius 1 is 1.50 bits per heavy atom. The fourth-order valence-corrected chi connectivity index (χ4v) is 2.06. The minimum Gasteiger partial charge on any atom is -0.759 e. The highest BCUT2D eigenvalue weighted by atomic mass is 32.2. The van der Waals surface area contributed by atoms with Crippen LogP contribution in [0.15, 0.2) is 0 Å². The van der Waals surface area contributed by atoms with E-state index in [0.717, 1.165) is 24.6 Å². The van der Waals surface area contributed by atoms with Crippen molar-refractivity contribution in [1.82, 2.24) is 9.84 Å². The van der Waals surface area contributed by atoms with Gasteiger partial charge in [0.15, 0.2) is 0 Å². The number of hydrogen-bond acceptors (Lipinski definition) is 4. The number of hydrazine groups is 1. The number of nitrogens with one attached hydrogen (secondary N) is 1. The zero-order valence-corrected chi connectivity index (χ0v) is 7.04. The van der Waals surface area contributed by atoms with Crippen molar-refractivity contribution in [3.63, 3.8) is 0 Å². The maximum atomic E-state index is 10.1. The van der Waals surface area contributed by atoms with E-state index in [4.69, 9.17) is 0 Å². The van der Waals surface area contributed by atoms with Gasteiger partial charge in [0, 0.05) is 35.9 Å². The minimum atomic E-state index is -2.15. The molecular formula is C4H9N2O2S2-. The Balaban J connectivity index is 2.19. The van der Waals surface area contributed by atoms with Crippen LogP contribution in [-0.2, 0) is 11.3 Å². The quantitative estimate of drug-likeness (QED) is 0.574. The molecule has 1 rings (SSSR count). The Bertz CT molecular complexity index is 126. The van der Waals surface area contributed by atoms with E-state index in [1.54, 1.807) is 5.01 Å². The largest absolute Gasteiger partial charge is 0.759 e. The van der Waals surface area contributed by atoms with E-state index >= 15 is 0 Å². The molecule has 1 unspecified atom stereocenters. The van der Waals surface area contributed by atoms with Crippen LogP contribution in [0.4, 0.5) is 0 Å². The lowest BCUT2D eigenvalue weighted by atomic mass is 10.6. The van der Waals surface area contributed by atoms with Crippen molar-refractivity contribution in [2.45, 2.75) is 0 Å². The van der Waals surface area contributed by atoms with Gasteiger partial charge in [-0.15, -0.1) is 0 Å². The van der Waals surface area contributed by atoms with Gasteiger partial charge in [-0.3, -0.25) is 4.21 Å². The number of thioether (sulfide) groups is 1. The molecule has 0 radical (unpaired) electrons. The van der Waals surface area contributed by atoms with Crippen LogP contribution in [0.25, 0.3) is 0 Å². The van der Waals surface area contributed by atoms with Crippen LogP contribution in [0.5, 0.6) is 0 Å². The Labute approximate surface area is 66.7 Å². The average Bonchev–Trinajstić information content (AvgIpc) is 1.88. The molecular weight excluding hydrogens is 172 g/mol. The predicted molar refractivity (Wildman–Crippen MR) is 41.0 cm³/mol. The van der Waals surface area contributed by atoms with E-state index in [2.05, 4.69) is 4.83 Å². The highest BCUT2D eigenvalue weighted by molar-refractivity contribution is 7.99. The first kappa shape index (κ1) is 8.48. The van der Waals surface area contributed by atoms with Crippen molar-refractivity contribution in [3.05, 3.63) is 0 Å². The second kappa shape index (κ2) is 4.30. The van der Waals surface area contributed by atoms with Gasteiger partial charge in [0.05, 0.1) is 0 Å². The summed E-state index contributed by atoms with van der Waals surface area (Å²) in [6.07, 6.45) is 0. The first-order valence-electron chi connectivity index (χ1n) is 2.97. The van der Waals surface area contributed by atoms with Crippen molar-refractivity contribution in [1.29, 1.82) is 0 Å². The van der Waals surface area contributed by atoms with Gasteiger partial charge >= 0.3 is 0 Å². The van der Waals surface area contributed by atoms with Gasteiger partial charge in [0.1, 0.15) is 0 Å². The smallest absolute Gasteiger partial charge is 0.0326 e. The van der Waals surface area contributed by atoms with Gasteiger partial charge in [-0.1, -0.05) is 0 Å². The molecule has 4 nitrogen and oxygen atoms in total. The molecule has 0 saturated carbocycles. The summed E-state index contributed by atoms with van der Waals surface area (Å²) in [6, 6.07) is 0. The fraction of sp³-hybridized carbons (Fsp3) is 1.00. The zero-order chi connectivity index (χ0) is 7.40. The van der Waals surface area contributed by atoms with E-state index in [1.165, 1.54) is 0 Å². The van der Waals surface area contributed by atoms with Crippen molar-refractivity contribution >= 4 is 23.0 Å². The number of rotatable bonds is 2. The minimum absolute atomic E-state index is 0.804. The second-order valence-electron chi connectivity index (χ2n) is 1.93. The summed E-state index contributed by atoms with van der Waals surface area (Å²) < 4.78 is 20.2. The lowest BCUT2D eigenvalue weighted by molar-refractivity contribution is 0.262. The van der Waals surface area contributed by atoms with Crippen LogP contribution in [0, 0.1) is 0 Å². The summed E-state index contributed by atoms with van der Waals surface area (Å²) in [7, 11) is 0. The Morgan fingerprint density at radius 2 is 2.10 bits per heavy atom. The van der Waals surface area contributed by atoms with Gasteiger partial charge in [-0.25, -0.2) is 5.01 Å². The van der Waals surface area contributed by atoms with Crippen molar-refractivity contribution in [2.24, 2.45) is 0 Å². The first-order chi connectivity index (χ1) is 4.79. The van der Waals surface area contributed by atoms with E-state index in [9.17, 15) is 8.76 Å². The second-order valence-corrected chi connectivity index (χ2v) is 3.80. The maximum Gasteiger partial charge on any atom is 0.0326 e. The van der Waals surface area contributed by atoms with Gasteiger partial charge < -0.3 is 4.55 Å². The molecule has 0 aromatic carbocycles. The zero-order valence-electron chi connectivity index (χ0n) is 5.41. The van der Waals surface area contributed by atoms with Gasteiger partial charge in [-0.2, -0.15) is 16.6 Å². The number of nitrogens with zero attached hydrogens (tertiary/aromatic N) is 1. The predicted octanol–water partition coefficient (Wildman–Crippen LogP) is -0.666. The maximum absolute atomic E-state index is 10.1. The molecule has 1 fully saturated rings. The normalized spacial score (nSPS) is 24.5. The Hall–Kier alpha value is 0.380. The molecule has 10 heavy (non-hydrogen) atoms. The molecule has 0 spiro atoms. The third-order valence-corrected chi connectivity index (χ3v) is 2.56. The summed E-state index contributed by atoms with van der Waals surface area (Å²) in [5, 5.41) is 1.71. The third kappa shape index (κ3) is 2.98. The van der Waals surface area contributed by atoms with Crippen LogP contribution >= 0.6 is 11.8 Å². The molecule has 0 amide bonds. The highest BCUT2D eigenvalue weighted by Crippen LogP contribution is 2.06. The Morgan fingerprint density at radius 3 is 2.60 bits per heavy atom. The molecule has 0 bridgehead atoms. The van der Waals surface area contributed by atoms with Gasteiger partial charge in [0.25, 0.3) is 0 Å². The summed E-state index contributed by atoms with van der Waals surface area (Å²) in [5.74, 6) is 2.01. The molecule has 0 aromatic heterocycles. The molecule has 1 aliphatic rings. The van der Waals surface area contributed by atoms with E-state index in [0.29, 0.717) is 0 Å². The highest BCUT2D eigenvalue weighted by Gasteiger charge is 2.08. The monoisotopic (exact) mass is 181 g/mol. The summed E-state index contributed by atoms with van der Waals surface area (Å²) in [6.45, 7) is 1.61. The van der Waals surface area contributed by atoms with Crippen LogP contribution in [0.1, 0.15) is 0 Å². The topological polar surface area (TPSA) is 55.4 Å². The molecule has 60 valence electrons. The average molecular weight is 181 g/mol. The fourth-order valence-electron chi connectivity index (χ4n) is 0.760. The standard InChI is InChI=1S/C4H10N2O2S2/c7-10(8)5-6-1-3-9-4-2-6/h5H,1-4H2,(H,7,8)/p-1. The van der Waals surface area contributed by atoms with Crippen molar-refractivity contribution in [2.75, 3.05) is 24.6 Å². The molecule has 1 saturated heterocycles. The third-order valence-electron chi connectivity index (χ3n) is 1.21. The van der Waals surface area contributed by atoms with Crippen LogP contribution in [0.3, 0.4) is 0 Å². The van der Waals surface area contributed by atoms with Crippen molar-refractivity contribution in [3.8, 4) is 0 Å². The molecule has 1 heterocycles. The van der Waals surface area contributed by atoms with Crippen LogP contribution in [-0.4, -0.2) is 38.4 Å². The lowest BCUT2D eigenvalue weighted by Crippen LogP contribution is -2.44. The molecule has 0 aliphatic carbocycles. The molecule has 1 aliphatic heterocycles. The summed E-state index contributed by atoms with van der Waals surface area (Å²) in [5.41, 5.74) is 0. The van der Waals surface area contributed by atoms with Crippen molar-refractivity contribution < 1.29 is 8.76 Å². The van der Waals surface area contributed by atoms with E-state index < -0.39 is 11.3 Å². The van der Waals surface area contributed by atoms with E-state index in [1.807, 2.05) is 11.8 Å². The van der Waals surface area contributed by atoms with Gasteiger partial charge in [-0.05, 0) is 0 Å². The summed E-state index contributed by atoms with van der Waals surface area (Å²) in [4.78, 5) is 2.32. The molecule has 1 N–H and O–H groups in total. The molecule has 1 atom stereocenters. The summed E-state index contributed by atoms with van der Waals surface area (Å²) >= 11 is -0.303.